The fourth-order valence-electron chi connectivity index (χ4n) is 3.30. The zero-order chi connectivity index (χ0) is 13.1. The molecule has 0 spiro atoms. The van der Waals surface area contributed by atoms with Crippen LogP contribution in [0.2, 0.25) is 0 Å². The summed E-state index contributed by atoms with van der Waals surface area (Å²) in [4.78, 5) is 0. The smallest absolute Gasteiger partial charge is 0.0446 e. The maximum absolute atomic E-state index is 6.00. The Morgan fingerprint density at radius 1 is 1.11 bits per heavy atom. The molecule has 0 aromatic heterocycles. The van der Waals surface area contributed by atoms with Gasteiger partial charge in [0.15, 0.2) is 0 Å². The van der Waals surface area contributed by atoms with Crippen LogP contribution in [0.1, 0.15) is 68.0 Å². The third kappa shape index (κ3) is 3.37. The number of benzene rings is 1. The lowest BCUT2D eigenvalue weighted by molar-refractivity contribution is 0.340. The van der Waals surface area contributed by atoms with E-state index >= 15 is 0 Å². The lowest BCUT2D eigenvalue weighted by Gasteiger charge is -2.28. The summed E-state index contributed by atoms with van der Waals surface area (Å²) < 4.78 is 0. The molecule has 2 aliphatic rings. The van der Waals surface area contributed by atoms with E-state index in [1.54, 1.807) is 0 Å². The molecule has 1 atom stereocenters. The summed E-state index contributed by atoms with van der Waals surface area (Å²) in [5, 5.41) is 3.78. The molecule has 2 nitrogen and oxygen atoms in total. The summed E-state index contributed by atoms with van der Waals surface area (Å²) in [5.74, 6) is 0.827. The molecule has 3 N–H and O–H groups in total. The second kappa shape index (κ2) is 6.06. The van der Waals surface area contributed by atoms with Crippen molar-refractivity contribution < 1.29 is 0 Å². The molecule has 0 amide bonds. The van der Waals surface area contributed by atoms with Crippen LogP contribution in [0.4, 0.5) is 0 Å². The predicted octanol–water partition coefficient (Wildman–Crippen LogP) is 3.49. The first-order valence-electron chi connectivity index (χ1n) is 7.93. The zero-order valence-electron chi connectivity index (χ0n) is 11.8. The van der Waals surface area contributed by atoms with Crippen molar-refractivity contribution in [1.82, 2.24) is 5.32 Å². The van der Waals surface area contributed by atoms with Crippen LogP contribution in [0.15, 0.2) is 24.3 Å². The minimum absolute atomic E-state index is 0.335. The molecule has 0 bridgehead atoms. The first-order chi connectivity index (χ1) is 9.36. The fourth-order valence-corrected chi connectivity index (χ4v) is 3.30. The van der Waals surface area contributed by atoms with Crippen molar-refractivity contribution in [1.29, 1.82) is 0 Å². The van der Waals surface area contributed by atoms with Crippen LogP contribution >= 0.6 is 0 Å². The maximum Gasteiger partial charge on any atom is 0.0446 e. The molecule has 0 saturated heterocycles. The van der Waals surface area contributed by atoms with Gasteiger partial charge in [-0.15, -0.1) is 0 Å². The van der Waals surface area contributed by atoms with Crippen LogP contribution in [0.5, 0.6) is 0 Å². The minimum atomic E-state index is 0.335. The van der Waals surface area contributed by atoms with E-state index in [0.717, 1.165) is 5.92 Å². The van der Waals surface area contributed by atoms with Crippen LogP contribution in [-0.4, -0.2) is 12.6 Å². The third-order valence-corrected chi connectivity index (χ3v) is 4.64. The highest BCUT2D eigenvalue weighted by Crippen LogP contribution is 2.40. The van der Waals surface area contributed by atoms with E-state index < -0.39 is 0 Å². The van der Waals surface area contributed by atoms with E-state index in [4.69, 9.17) is 5.73 Å². The molecule has 2 saturated carbocycles. The normalized spacial score (nSPS) is 22.4. The maximum atomic E-state index is 6.00. The highest BCUT2D eigenvalue weighted by atomic mass is 15.0. The molecule has 19 heavy (non-hydrogen) atoms. The molecule has 1 aromatic carbocycles. The molecule has 1 aromatic rings. The Labute approximate surface area is 116 Å². The Kier molecular flexibility index (Phi) is 4.19. The van der Waals surface area contributed by atoms with Gasteiger partial charge in [0.2, 0.25) is 0 Å². The highest BCUT2D eigenvalue weighted by molar-refractivity contribution is 5.31. The van der Waals surface area contributed by atoms with E-state index in [2.05, 4.69) is 29.6 Å². The summed E-state index contributed by atoms with van der Waals surface area (Å²) in [5.41, 5.74) is 8.90. The van der Waals surface area contributed by atoms with Crippen LogP contribution in [0.25, 0.3) is 0 Å². The Balaban J connectivity index is 1.68. The SMILES string of the molecule is NCC(NC1CCCCC1)c1cccc(C2CC2)c1. The average Bonchev–Trinajstić information content (AvgIpc) is 3.31. The minimum Gasteiger partial charge on any atom is -0.329 e. The van der Waals surface area contributed by atoms with Gasteiger partial charge in [0.1, 0.15) is 0 Å². The van der Waals surface area contributed by atoms with E-state index in [9.17, 15) is 0 Å². The summed E-state index contributed by atoms with van der Waals surface area (Å²) >= 11 is 0. The van der Waals surface area contributed by atoms with Gasteiger partial charge in [-0.2, -0.15) is 0 Å². The van der Waals surface area contributed by atoms with Gasteiger partial charge in [-0.05, 0) is 42.7 Å². The number of hydrogen-bond acceptors (Lipinski definition) is 2. The number of rotatable bonds is 5. The average molecular weight is 258 g/mol. The van der Waals surface area contributed by atoms with Gasteiger partial charge >= 0.3 is 0 Å². The van der Waals surface area contributed by atoms with Gasteiger partial charge in [-0.25, -0.2) is 0 Å². The van der Waals surface area contributed by atoms with Gasteiger partial charge in [0, 0.05) is 18.6 Å². The topological polar surface area (TPSA) is 38.0 Å². The van der Waals surface area contributed by atoms with Gasteiger partial charge < -0.3 is 11.1 Å². The molecule has 0 aliphatic heterocycles. The zero-order valence-corrected chi connectivity index (χ0v) is 11.8. The molecule has 3 rings (SSSR count). The van der Waals surface area contributed by atoms with E-state index in [-0.39, 0.29) is 0 Å². The second-order valence-corrected chi connectivity index (χ2v) is 6.23. The van der Waals surface area contributed by atoms with Gasteiger partial charge in [-0.1, -0.05) is 43.5 Å². The number of hydrogen-bond donors (Lipinski definition) is 2. The molecule has 2 fully saturated rings. The Morgan fingerprint density at radius 2 is 1.89 bits per heavy atom. The Bertz CT molecular complexity index is 405. The van der Waals surface area contributed by atoms with Crippen molar-refractivity contribution in [2.24, 2.45) is 5.73 Å². The first kappa shape index (κ1) is 13.1. The lowest BCUT2D eigenvalue weighted by Crippen LogP contribution is -2.37. The Morgan fingerprint density at radius 3 is 2.58 bits per heavy atom. The summed E-state index contributed by atoms with van der Waals surface area (Å²) in [6.07, 6.45) is 9.52. The van der Waals surface area contributed by atoms with Crippen molar-refractivity contribution in [3.8, 4) is 0 Å². The molecule has 2 aliphatic carbocycles. The first-order valence-corrected chi connectivity index (χ1v) is 7.93. The van der Waals surface area contributed by atoms with Crippen LogP contribution < -0.4 is 11.1 Å². The van der Waals surface area contributed by atoms with Crippen molar-refractivity contribution in [3.63, 3.8) is 0 Å². The predicted molar refractivity (Wildman–Crippen MR) is 80.2 cm³/mol. The van der Waals surface area contributed by atoms with Gasteiger partial charge in [-0.3, -0.25) is 0 Å². The van der Waals surface area contributed by atoms with E-state index in [0.29, 0.717) is 18.6 Å². The standard InChI is InChI=1S/C17H26N2/c18-12-17(19-16-7-2-1-3-8-16)15-6-4-5-14(11-15)13-9-10-13/h4-6,11,13,16-17,19H,1-3,7-10,12,18H2. The molecule has 0 heterocycles. The van der Waals surface area contributed by atoms with E-state index in [1.807, 2.05) is 0 Å². The van der Waals surface area contributed by atoms with Crippen LogP contribution in [0, 0.1) is 0 Å². The summed E-state index contributed by atoms with van der Waals surface area (Å²) in [6, 6.07) is 10.1. The Hall–Kier alpha value is -0.860. The molecule has 2 heteroatoms. The van der Waals surface area contributed by atoms with E-state index in [1.165, 1.54) is 56.1 Å². The lowest BCUT2D eigenvalue weighted by atomic mass is 9.93. The second-order valence-electron chi connectivity index (χ2n) is 6.23. The van der Waals surface area contributed by atoms with Crippen molar-refractivity contribution >= 4 is 0 Å². The van der Waals surface area contributed by atoms with Crippen molar-refractivity contribution in [3.05, 3.63) is 35.4 Å². The quantitative estimate of drug-likeness (QED) is 0.848. The van der Waals surface area contributed by atoms with Crippen molar-refractivity contribution in [2.45, 2.75) is 62.9 Å². The van der Waals surface area contributed by atoms with Crippen LogP contribution in [-0.2, 0) is 0 Å². The summed E-state index contributed by atoms with van der Waals surface area (Å²) in [7, 11) is 0. The summed E-state index contributed by atoms with van der Waals surface area (Å²) in [6.45, 7) is 0.699. The molecule has 1 unspecified atom stereocenters. The molecular weight excluding hydrogens is 232 g/mol. The largest absolute Gasteiger partial charge is 0.329 e. The molecular formula is C17H26N2. The number of nitrogens with one attached hydrogen (secondary N) is 1. The third-order valence-electron chi connectivity index (χ3n) is 4.64. The van der Waals surface area contributed by atoms with Crippen LogP contribution in [0.3, 0.4) is 0 Å². The highest BCUT2D eigenvalue weighted by Gasteiger charge is 2.24. The van der Waals surface area contributed by atoms with Gasteiger partial charge in [0.25, 0.3) is 0 Å². The molecule has 104 valence electrons. The monoisotopic (exact) mass is 258 g/mol. The fraction of sp³-hybridized carbons (Fsp3) is 0.647. The van der Waals surface area contributed by atoms with Gasteiger partial charge in [0.05, 0.1) is 0 Å². The van der Waals surface area contributed by atoms with Crippen molar-refractivity contribution in [2.75, 3.05) is 6.54 Å². The molecule has 0 radical (unpaired) electrons. The number of nitrogens with two attached hydrogens (primary N) is 1.